The van der Waals surface area contributed by atoms with Gasteiger partial charge in [-0.05, 0) is 42.0 Å². The Hall–Kier alpha value is -2.47. The molecule has 0 spiro atoms. The highest BCUT2D eigenvalue weighted by Gasteiger charge is 2.22. The number of benzene rings is 2. The number of ether oxygens (including phenoxy) is 1. The summed E-state index contributed by atoms with van der Waals surface area (Å²) in [7, 11) is -4.83. The SMILES string of the molecule is COc1ccc(S(=O)(=O)N(C)CC(=O)NCc2ccc(S(N)(=O)=O)cc2)cc1. The molecule has 0 saturated heterocycles. The van der Waals surface area contributed by atoms with Crippen LogP contribution in [0.5, 0.6) is 5.75 Å². The second-order valence-corrected chi connectivity index (χ2v) is 9.51. The number of likely N-dealkylation sites (N-methyl/N-ethyl adjacent to an activating group) is 1. The first-order chi connectivity index (χ1) is 13.0. The molecule has 0 aromatic heterocycles. The minimum absolute atomic E-state index is 0.0344. The van der Waals surface area contributed by atoms with Crippen LogP contribution in [-0.2, 0) is 31.4 Å². The maximum Gasteiger partial charge on any atom is 0.243 e. The lowest BCUT2D eigenvalue weighted by Gasteiger charge is -2.17. The van der Waals surface area contributed by atoms with Gasteiger partial charge in [-0.3, -0.25) is 4.79 Å². The Bertz CT molecular complexity index is 1030. The molecule has 0 atom stereocenters. The number of methoxy groups -OCH3 is 1. The molecule has 0 fully saturated rings. The van der Waals surface area contributed by atoms with Gasteiger partial charge in [0, 0.05) is 13.6 Å². The molecule has 0 saturated carbocycles. The maximum atomic E-state index is 12.5. The Morgan fingerprint density at radius 3 is 2.04 bits per heavy atom. The zero-order valence-electron chi connectivity index (χ0n) is 15.3. The predicted octanol–water partition coefficient (Wildman–Crippen LogP) is 0.280. The van der Waals surface area contributed by atoms with Crippen LogP contribution in [-0.4, -0.2) is 47.8 Å². The third-order valence-electron chi connectivity index (χ3n) is 3.88. The number of hydrogen-bond donors (Lipinski definition) is 2. The number of sulfonamides is 2. The molecular formula is C17H21N3O6S2. The third-order valence-corrected chi connectivity index (χ3v) is 6.62. The molecule has 11 heteroatoms. The molecule has 3 N–H and O–H groups in total. The van der Waals surface area contributed by atoms with Crippen molar-refractivity contribution in [1.29, 1.82) is 0 Å². The minimum Gasteiger partial charge on any atom is -0.497 e. The molecule has 152 valence electrons. The first kappa shape index (κ1) is 21.8. The summed E-state index contributed by atoms with van der Waals surface area (Å²) in [5.74, 6) is 0.0166. The van der Waals surface area contributed by atoms with Gasteiger partial charge in [0.15, 0.2) is 0 Å². The lowest BCUT2D eigenvalue weighted by atomic mass is 10.2. The van der Waals surface area contributed by atoms with E-state index in [2.05, 4.69) is 5.32 Å². The van der Waals surface area contributed by atoms with E-state index in [-0.39, 0.29) is 22.9 Å². The third kappa shape index (κ3) is 5.52. The summed E-state index contributed by atoms with van der Waals surface area (Å²) < 4.78 is 53.4. The molecule has 0 unspecified atom stereocenters. The average molecular weight is 428 g/mol. The van der Waals surface area contributed by atoms with Gasteiger partial charge >= 0.3 is 0 Å². The Morgan fingerprint density at radius 2 is 1.54 bits per heavy atom. The number of primary sulfonamides is 1. The van der Waals surface area contributed by atoms with Gasteiger partial charge in [0.25, 0.3) is 0 Å². The van der Waals surface area contributed by atoms with E-state index in [9.17, 15) is 21.6 Å². The van der Waals surface area contributed by atoms with Gasteiger partial charge in [0.05, 0.1) is 23.4 Å². The van der Waals surface area contributed by atoms with Crippen LogP contribution < -0.4 is 15.2 Å². The first-order valence-electron chi connectivity index (χ1n) is 8.03. The second kappa shape index (κ2) is 8.69. The summed E-state index contributed by atoms with van der Waals surface area (Å²) >= 11 is 0. The minimum atomic E-state index is -3.83. The van der Waals surface area contributed by atoms with Crippen molar-refractivity contribution in [2.45, 2.75) is 16.3 Å². The van der Waals surface area contributed by atoms with Crippen LogP contribution >= 0.6 is 0 Å². The van der Waals surface area contributed by atoms with Gasteiger partial charge in [0.1, 0.15) is 5.75 Å². The van der Waals surface area contributed by atoms with E-state index in [1.807, 2.05) is 0 Å². The number of carbonyl (C=O) groups excluding carboxylic acids is 1. The smallest absolute Gasteiger partial charge is 0.243 e. The van der Waals surface area contributed by atoms with E-state index < -0.39 is 26.0 Å². The summed E-state index contributed by atoms with van der Waals surface area (Å²) in [6.45, 7) is -0.260. The molecule has 2 aromatic rings. The highest BCUT2D eigenvalue weighted by molar-refractivity contribution is 7.89. The van der Waals surface area contributed by atoms with Crippen molar-refractivity contribution < 1.29 is 26.4 Å². The normalized spacial score (nSPS) is 12.0. The molecule has 0 radical (unpaired) electrons. The summed E-state index contributed by atoms with van der Waals surface area (Å²) in [6.07, 6.45) is 0. The standard InChI is InChI=1S/C17H21N3O6S2/c1-20(28(24,25)16-9-5-14(26-2)6-10-16)12-17(21)19-11-13-3-7-15(8-4-13)27(18,22)23/h3-10H,11-12H2,1-2H3,(H,19,21)(H2,18,22,23). The summed E-state index contributed by atoms with van der Waals surface area (Å²) in [5.41, 5.74) is 0.640. The molecule has 0 aliphatic rings. The molecule has 0 heterocycles. The van der Waals surface area contributed by atoms with Crippen LogP contribution in [0.3, 0.4) is 0 Å². The number of nitrogens with zero attached hydrogens (tertiary/aromatic N) is 1. The first-order valence-corrected chi connectivity index (χ1v) is 11.0. The van der Waals surface area contributed by atoms with Crippen LogP contribution in [0.4, 0.5) is 0 Å². The van der Waals surface area contributed by atoms with Gasteiger partial charge < -0.3 is 10.1 Å². The highest BCUT2D eigenvalue weighted by Crippen LogP contribution is 2.18. The molecule has 9 nitrogen and oxygen atoms in total. The molecule has 0 bridgehead atoms. The average Bonchev–Trinajstić information content (AvgIpc) is 2.66. The van der Waals surface area contributed by atoms with Gasteiger partial charge in [0.2, 0.25) is 26.0 Å². The quantitative estimate of drug-likeness (QED) is 0.621. The van der Waals surface area contributed by atoms with Crippen LogP contribution in [0.2, 0.25) is 0 Å². The Morgan fingerprint density at radius 1 is 1.00 bits per heavy atom. The zero-order valence-corrected chi connectivity index (χ0v) is 17.0. The van der Waals surface area contributed by atoms with E-state index >= 15 is 0 Å². The van der Waals surface area contributed by atoms with E-state index in [1.54, 1.807) is 0 Å². The number of amides is 1. The molecular weight excluding hydrogens is 406 g/mol. The highest BCUT2D eigenvalue weighted by atomic mass is 32.2. The van der Waals surface area contributed by atoms with Crippen LogP contribution in [0.1, 0.15) is 5.56 Å². The van der Waals surface area contributed by atoms with Crippen LogP contribution in [0.25, 0.3) is 0 Å². The van der Waals surface area contributed by atoms with Crippen molar-refractivity contribution in [3.05, 3.63) is 54.1 Å². The van der Waals surface area contributed by atoms with Crippen molar-refractivity contribution in [2.24, 2.45) is 5.14 Å². The lowest BCUT2D eigenvalue weighted by molar-refractivity contribution is -0.121. The molecule has 0 aliphatic heterocycles. The van der Waals surface area contributed by atoms with E-state index in [1.165, 1.54) is 62.7 Å². The molecule has 2 aromatic carbocycles. The molecule has 2 rings (SSSR count). The topological polar surface area (TPSA) is 136 Å². The fourth-order valence-corrected chi connectivity index (χ4v) is 3.91. The van der Waals surface area contributed by atoms with Gasteiger partial charge in [-0.25, -0.2) is 22.0 Å². The van der Waals surface area contributed by atoms with Crippen LogP contribution in [0, 0.1) is 0 Å². The Balaban J connectivity index is 1.96. The van der Waals surface area contributed by atoms with Gasteiger partial charge in [-0.1, -0.05) is 12.1 Å². The zero-order chi connectivity index (χ0) is 20.9. The largest absolute Gasteiger partial charge is 0.497 e. The molecule has 28 heavy (non-hydrogen) atoms. The van der Waals surface area contributed by atoms with Gasteiger partial charge in [-0.2, -0.15) is 4.31 Å². The fraction of sp³-hybridized carbons (Fsp3) is 0.235. The van der Waals surface area contributed by atoms with Crippen molar-refractivity contribution in [1.82, 2.24) is 9.62 Å². The maximum absolute atomic E-state index is 12.5. The fourth-order valence-electron chi connectivity index (χ4n) is 2.27. The van der Waals surface area contributed by atoms with E-state index in [0.717, 1.165) is 4.31 Å². The number of nitrogens with one attached hydrogen (secondary N) is 1. The monoisotopic (exact) mass is 427 g/mol. The van der Waals surface area contributed by atoms with Crippen molar-refractivity contribution in [2.75, 3.05) is 20.7 Å². The number of carbonyl (C=O) groups is 1. The second-order valence-electron chi connectivity index (χ2n) is 5.90. The Kier molecular flexibility index (Phi) is 6.77. The Labute approximate surface area is 164 Å². The number of nitrogens with two attached hydrogens (primary N) is 1. The number of rotatable bonds is 8. The summed E-state index contributed by atoms with van der Waals surface area (Å²) in [6, 6.07) is 11.5. The van der Waals surface area contributed by atoms with Crippen molar-refractivity contribution >= 4 is 26.0 Å². The predicted molar refractivity (Wildman–Crippen MR) is 102 cm³/mol. The van der Waals surface area contributed by atoms with E-state index in [0.29, 0.717) is 11.3 Å². The van der Waals surface area contributed by atoms with Crippen LogP contribution in [0.15, 0.2) is 58.3 Å². The van der Waals surface area contributed by atoms with E-state index in [4.69, 9.17) is 9.88 Å². The lowest BCUT2D eigenvalue weighted by Crippen LogP contribution is -2.38. The van der Waals surface area contributed by atoms with Gasteiger partial charge in [-0.15, -0.1) is 0 Å². The van der Waals surface area contributed by atoms with Crippen molar-refractivity contribution in [3.8, 4) is 5.75 Å². The number of hydrogen-bond acceptors (Lipinski definition) is 6. The summed E-state index contributed by atoms with van der Waals surface area (Å²) in [4.78, 5) is 12.1. The summed E-state index contributed by atoms with van der Waals surface area (Å²) in [5, 5.41) is 7.61. The molecule has 1 amide bonds. The van der Waals surface area contributed by atoms with Crippen molar-refractivity contribution in [3.63, 3.8) is 0 Å². The molecule has 0 aliphatic carbocycles.